The Balaban J connectivity index is 1.82. The van der Waals surface area contributed by atoms with Crippen molar-refractivity contribution >= 4 is 0 Å². The first-order valence-electron chi connectivity index (χ1n) is 8.85. The van der Waals surface area contributed by atoms with E-state index in [1.54, 1.807) is 0 Å². The van der Waals surface area contributed by atoms with Gasteiger partial charge in [-0.2, -0.15) is 0 Å². The Hall–Kier alpha value is -0.0400. The molecule has 0 N–H and O–H groups in total. The van der Waals surface area contributed by atoms with Gasteiger partial charge in [-0.1, -0.05) is 33.1 Å². The molecule has 0 aromatic heterocycles. The molecule has 1 atom stereocenters. The lowest BCUT2D eigenvalue weighted by Gasteiger charge is -2.36. The second kappa shape index (κ2) is 7.67. The molecule has 1 aliphatic heterocycles. The molecule has 0 spiro atoms. The van der Waals surface area contributed by atoms with E-state index in [0.29, 0.717) is 0 Å². The summed E-state index contributed by atoms with van der Waals surface area (Å²) < 4.78 is 0. The predicted molar refractivity (Wildman–Crippen MR) is 84.4 cm³/mol. The van der Waals surface area contributed by atoms with Gasteiger partial charge in [-0.25, -0.2) is 0 Å². The highest BCUT2D eigenvalue weighted by molar-refractivity contribution is 4.80. The molecule has 1 saturated heterocycles. The van der Waals surface area contributed by atoms with E-state index in [4.69, 9.17) is 0 Å². The fourth-order valence-electron chi connectivity index (χ4n) is 4.36. The number of hydrogen-bond acceptors (Lipinski definition) is 1. The molecule has 2 fully saturated rings. The van der Waals surface area contributed by atoms with E-state index < -0.39 is 0 Å². The Morgan fingerprint density at radius 3 is 2.11 bits per heavy atom. The Morgan fingerprint density at radius 2 is 1.42 bits per heavy atom. The van der Waals surface area contributed by atoms with Crippen molar-refractivity contribution in [1.82, 2.24) is 4.90 Å². The Bertz CT molecular complexity index is 240. The monoisotopic (exact) mass is 265 g/mol. The van der Waals surface area contributed by atoms with Gasteiger partial charge < -0.3 is 4.90 Å². The summed E-state index contributed by atoms with van der Waals surface area (Å²) in [6.07, 6.45) is 13.4. The van der Waals surface area contributed by atoms with Crippen LogP contribution in [-0.2, 0) is 0 Å². The van der Waals surface area contributed by atoms with Gasteiger partial charge in [0.1, 0.15) is 0 Å². The fraction of sp³-hybridized carbons (Fsp3) is 1.00. The highest BCUT2D eigenvalue weighted by Gasteiger charge is 2.28. The molecule has 1 nitrogen and oxygen atoms in total. The van der Waals surface area contributed by atoms with Crippen LogP contribution in [0, 0.1) is 23.7 Å². The highest BCUT2D eigenvalue weighted by atomic mass is 15.1. The summed E-state index contributed by atoms with van der Waals surface area (Å²) in [6.45, 7) is 7.50. The lowest BCUT2D eigenvalue weighted by molar-refractivity contribution is 0.155. The fourth-order valence-corrected chi connectivity index (χ4v) is 4.36. The lowest BCUT2D eigenvalue weighted by atomic mass is 9.71. The molecule has 19 heavy (non-hydrogen) atoms. The molecule has 2 rings (SSSR count). The molecule has 1 heterocycles. The maximum absolute atomic E-state index is 2.57. The van der Waals surface area contributed by atoms with Gasteiger partial charge >= 0.3 is 0 Å². The summed E-state index contributed by atoms with van der Waals surface area (Å²) in [7, 11) is 2.32. The standard InChI is InChI=1S/C18H35N/c1-15(2)16-8-10-18(11-9-16)17-7-5-4-6-13-19(3)14-12-17/h15-18H,4-14H2,1-3H3/t16-,17-,18-/m0/s1. The second-order valence-electron chi connectivity index (χ2n) is 7.62. The van der Waals surface area contributed by atoms with Crippen molar-refractivity contribution in [2.75, 3.05) is 20.1 Å². The van der Waals surface area contributed by atoms with Gasteiger partial charge in [-0.05, 0) is 82.3 Å². The van der Waals surface area contributed by atoms with Gasteiger partial charge in [0.15, 0.2) is 0 Å². The minimum absolute atomic E-state index is 0.910. The normalized spacial score (nSPS) is 35.7. The number of rotatable bonds is 2. The molecular weight excluding hydrogens is 230 g/mol. The Kier molecular flexibility index (Phi) is 6.19. The molecule has 1 heteroatoms. The molecule has 1 aliphatic carbocycles. The zero-order valence-corrected chi connectivity index (χ0v) is 13.5. The molecule has 1 saturated carbocycles. The van der Waals surface area contributed by atoms with Crippen LogP contribution >= 0.6 is 0 Å². The van der Waals surface area contributed by atoms with E-state index in [2.05, 4.69) is 25.8 Å². The SMILES string of the molecule is CC(C)[C@H]1CC[C@H]([C@H]2CCCCCN(C)CC2)CC1. The van der Waals surface area contributed by atoms with E-state index in [1.807, 2.05) is 0 Å². The van der Waals surface area contributed by atoms with Gasteiger partial charge in [0, 0.05) is 0 Å². The van der Waals surface area contributed by atoms with Crippen molar-refractivity contribution < 1.29 is 0 Å². The van der Waals surface area contributed by atoms with E-state index in [0.717, 1.165) is 23.7 Å². The van der Waals surface area contributed by atoms with E-state index in [-0.39, 0.29) is 0 Å². The van der Waals surface area contributed by atoms with Crippen molar-refractivity contribution in [3.63, 3.8) is 0 Å². The summed E-state index contributed by atoms with van der Waals surface area (Å²) in [6, 6.07) is 0. The Labute approximate surface area is 121 Å². The third kappa shape index (κ3) is 4.77. The maximum Gasteiger partial charge on any atom is -0.00190 e. The van der Waals surface area contributed by atoms with Gasteiger partial charge in [-0.3, -0.25) is 0 Å². The lowest BCUT2D eigenvalue weighted by Crippen LogP contribution is -2.27. The molecule has 0 bridgehead atoms. The van der Waals surface area contributed by atoms with Crippen molar-refractivity contribution in [3.8, 4) is 0 Å². The van der Waals surface area contributed by atoms with Gasteiger partial charge in [-0.15, -0.1) is 0 Å². The first kappa shape index (κ1) is 15.4. The second-order valence-corrected chi connectivity index (χ2v) is 7.62. The topological polar surface area (TPSA) is 3.24 Å². The highest BCUT2D eigenvalue weighted by Crippen LogP contribution is 2.39. The average molecular weight is 265 g/mol. The predicted octanol–water partition coefficient (Wildman–Crippen LogP) is 4.96. The number of hydrogen-bond donors (Lipinski definition) is 0. The first-order valence-corrected chi connectivity index (χ1v) is 8.85. The summed E-state index contributed by atoms with van der Waals surface area (Å²) in [4.78, 5) is 2.57. The van der Waals surface area contributed by atoms with Gasteiger partial charge in [0.05, 0.1) is 0 Å². The van der Waals surface area contributed by atoms with Crippen LogP contribution < -0.4 is 0 Å². The van der Waals surface area contributed by atoms with Crippen molar-refractivity contribution in [2.24, 2.45) is 23.7 Å². The molecule has 112 valence electrons. The quantitative estimate of drug-likeness (QED) is 0.682. The average Bonchev–Trinajstić information content (AvgIpc) is 2.51. The number of nitrogens with zero attached hydrogens (tertiary/aromatic N) is 1. The van der Waals surface area contributed by atoms with Gasteiger partial charge in [0.25, 0.3) is 0 Å². The summed E-state index contributed by atoms with van der Waals surface area (Å²) in [5.41, 5.74) is 0. The largest absolute Gasteiger partial charge is 0.306 e. The maximum atomic E-state index is 2.57. The molecule has 0 radical (unpaired) electrons. The molecule has 0 amide bonds. The van der Waals surface area contributed by atoms with Crippen LogP contribution in [-0.4, -0.2) is 25.0 Å². The summed E-state index contributed by atoms with van der Waals surface area (Å²) in [5, 5.41) is 0. The first-order chi connectivity index (χ1) is 9.16. The molecule has 0 aromatic carbocycles. The van der Waals surface area contributed by atoms with E-state index in [1.165, 1.54) is 70.9 Å². The third-order valence-corrected chi connectivity index (χ3v) is 5.92. The molecular formula is C18H35N. The van der Waals surface area contributed by atoms with Crippen molar-refractivity contribution in [3.05, 3.63) is 0 Å². The van der Waals surface area contributed by atoms with Crippen LogP contribution in [0.25, 0.3) is 0 Å². The zero-order valence-electron chi connectivity index (χ0n) is 13.5. The minimum Gasteiger partial charge on any atom is -0.306 e. The van der Waals surface area contributed by atoms with Crippen LogP contribution in [0.3, 0.4) is 0 Å². The van der Waals surface area contributed by atoms with Crippen LogP contribution in [0.4, 0.5) is 0 Å². The van der Waals surface area contributed by atoms with Gasteiger partial charge in [0.2, 0.25) is 0 Å². The van der Waals surface area contributed by atoms with Crippen LogP contribution in [0.15, 0.2) is 0 Å². The zero-order chi connectivity index (χ0) is 13.7. The molecule has 0 aromatic rings. The minimum atomic E-state index is 0.910. The third-order valence-electron chi connectivity index (χ3n) is 5.92. The Morgan fingerprint density at radius 1 is 0.737 bits per heavy atom. The summed E-state index contributed by atoms with van der Waals surface area (Å²) in [5.74, 6) is 4.03. The molecule has 2 aliphatic rings. The molecule has 0 unspecified atom stereocenters. The van der Waals surface area contributed by atoms with Crippen molar-refractivity contribution in [1.29, 1.82) is 0 Å². The smallest absolute Gasteiger partial charge is 0.00190 e. The van der Waals surface area contributed by atoms with Crippen LogP contribution in [0.5, 0.6) is 0 Å². The summed E-state index contributed by atoms with van der Waals surface area (Å²) >= 11 is 0. The van der Waals surface area contributed by atoms with E-state index >= 15 is 0 Å². The van der Waals surface area contributed by atoms with Crippen molar-refractivity contribution in [2.45, 2.75) is 71.6 Å². The van der Waals surface area contributed by atoms with Crippen LogP contribution in [0.1, 0.15) is 71.6 Å². The van der Waals surface area contributed by atoms with E-state index in [9.17, 15) is 0 Å². The van der Waals surface area contributed by atoms with Crippen LogP contribution in [0.2, 0.25) is 0 Å².